The number of carbonyl (C=O) groups excluding carboxylic acids is 1. The summed E-state index contributed by atoms with van der Waals surface area (Å²) < 4.78 is 11.2. The largest absolute Gasteiger partial charge is 0.490 e. The Kier molecular flexibility index (Phi) is 7.08. The standard InChI is InChI=1S/C21H28N4O3/c1-3-27-18-9-8-17(15-19(18)28-4-2)23-21(26)16-24-11-13-25(14-12-24)20-7-5-6-10-22-20/h5-10,15H,3-4,11-14,16H2,1-2H3,(H,23,26). The van der Waals surface area contributed by atoms with E-state index in [0.717, 1.165) is 32.0 Å². The zero-order chi connectivity index (χ0) is 19.8. The summed E-state index contributed by atoms with van der Waals surface area (Å²) in [6.07, 6.45) is 1.81. The van der Waals surface area contributed by atoms with E-state index in [2.05, 4.69) is 20.1 Å². The Labute approximate surface area is 166 Å². The summed E-state index contributed by atoms with van der Waals surface area (Å²) in [6.45, 7) is 8.71. The highest BCUT2D eigenvalue weighted by atomic mass is 16.5. The third kappa shape index (κ3) is 5.36. The van der Waals surface area contributed by atoms with Gasteiger partial charge in [0, 0.05) is 44.1 Å². The number of amides is 1. The van der Waals surface area contributed by atoms with Gasteiger partial charge >= 0.3 is 0 Å². The fourth-order valence-corrected chi connectivity index (χ4v) is 3.21. The molecule has 1 N–H and O–H groups in total. The molecule has 0 unspecified atom stereocenters. The van der Waals surface area contributed by atoms with Crippen LogP contribution in [0.2, 0.25) is 0 Å². The van der Waals surface area contributed by atoms with Crippen LogP contribution in [0.25, 0.3) is 0 Å². The molecule has 0 saturated carbocycles. The number of aromatic nitrogens is 1. The Morgan fingerprint density at radius 1 is 1.04 bits per heavy atom. The first kappa shape index (κ1) is 19.9. The van der Waals surface area contributed by atoms with Crippen LogP contribution in [0.5, 0.6) is 11.5 Å². The number of nitrogens with zero attached hydrogens (tertiary/aromatic N) is 3. The minimum absolute atomic E-state index is 0.0297. The van der Waals surface area contributed by atoms with Gasteiger partial charge in [-0.25, -0.2) is 4.98 Å². The van der Waals surface area contributed by atoms with Gasteiger partial charge in [0.15, 0.2) is 11.5 Å². The normalized spacial score (nSPS) is 14.6. The smallest absolute Gasteiger partial charge is 0.238 e. The van der Waals surface area contributed by atoms with Gasteiger partial charge in [-0.1, -0.05) is 6.07 Å². The lowest BCUT2D eigenvalue weighted by atomic mass is 10.2. The highest BCUT2D eigenvalue weighted by molar-refractivity contribution is 5.92. The first-order chi connectivity index (χ1) is 13.7. The maximum Gasteiger partial charge on any atom is 0.238 e. The molecule has 0 radical (unpaired) electrons. The number of benzene rings is 1. The van der Waals surface area contributed by atoms with Crippen LogP contribution in [-0.4, -0.2) is 61.7 Å². The molecule has 150 valence electrons. The Hall–Kier alpha value is -2.80. The highest BCUT2D eigenvalue weighted by Gasteiger charge is 2.20. The average molecular weight is 384 g/mol. The van der Waals surface area contributed by atoms with Gasteiger partial charge in [0.05, 0.1) is 19.8 Å². The van der Waals surface area contributed by atoms with Crippen molar-refractivity contribution in [2.75, 3.05) is 56.2 Å². The first-order valence-electron chi connectivity index (χ1n) is 9.77. The van der Waals surface area contributed by atoms with Gasteiger partial charge in [0.25, 0.3) is 0 Å². The van der Waals surface area contributed by atoms with E-state index in [9.17, 15) is 4.79 Å². The third-order valence-corrected chi connectivity index (χ3v) is 4.54. The van der Waals surface area contributed by atoms with Crippen molar-refractivity contribution >= 4 is 17.4 Å². The molecule has 2 heterocycles. The topological polar surface area (TPSA) is 66.9 Å². The maximum atomic E-state index is 12.5. The molecule has 1 aliphatic rings. The Morgan fingerprint density at radius 2 is 1.79 bits per heavy atom. The molecule has 7 heteroatoms. The van der Waals surface area contributed by atoms with Crippen molar-refractivity contribution in [2.24, 2.45) is 0 Å². The van der Waals surface area contributed by atoms with Crippen LogP contribution < -0.4 is 19.7 Å². The number of nitrogens with one attached hydrogen (secondary N) is 1. The fraction of sp³-hybridized carbons (Fsp3) is 0.429. The summed E-state index contributed by atoms with van der Waals surface area (Å²) in [6, 6.07) is 11.4. The van der Waals surface area contributed by atoms with Crippen LogP contribution in [0, 0.1) is 0 Å². The summed E-state index contributed by atoms with van der Waals surface area (Å²) in [5.41, 5.74) is 0.712. The molecule has 7 nitrogen and oxygen atoms in total. The van der Waals surface area contributed by atoms with Crippen molar-refractivity contribution < 1.29 is 14.3 Å². The van der Waals surface area contributed by atoms with Gasteiger partial charge in [-0.05, 0) is 38.1 Å². The van der Waals surface area contributed by atoms with E-state index in [1.807, 2.05) is 56.4 Å². The van der Waals surface area contributed by atoms with E-state index in [1.165, 1.54) is 0 Å². The monoisotopic (exact) mass is 384 g/mol. The fourth-order valence-electron chi connectivity index (χ4n) is 3.21. The van der Waals surface area contributed by atoms with Crippen molar-refractivity contribution in [1.82, 2.24) is 9.88 Å². The van der Waals surface area contributed by atoms with E-state index in [-0.39, 0.29) is 5.91 Å². The predicted molar refractivity (Wildman–Crippen MR) is 110 cm³/mol. The van der Waals surface area contributed by atoms with Crippen LogP contribution in [-0.2, 0) is 4.79 Å². The zero-order valence-corrected chi connectivity index (χ0v) is 16.6. The molecule has 28 heavy (non-hydrogen) atoms. The summed E-state index contributed by atoms with van der Waals surface area (Å²) >= 11 is 0. The predicted octanol–water partition coefficient (Wildman–Crippen LogP) is 2.64. The number of piperazine rings is 1. The van der Waals surface area contributed by atoms with Gasteiger partial charge in [-0.15, -0.1) is 0 Å². The SMILES string of the molecule is CCOc1ccc(NC(=O)CN2CCN(c3ccccn3)CC2)cc1OCC. The van der Waals surface area contributed by atoms with Crippen LogP contribution in [0.4, 0.5) is 11.5 Å². The van der Waals surface area contributed by atoms with E-state index < -0.39 is 0 Å². The van der Waals surface area contributed by atoms with Crippen molar-refractivity contribution in [3.05, 3.63) is 42.6 Å². The van der Waals surface area contributed by atoms with Crippen LogP contribution >= 0.6 is 0 Å². The Bertz CT molecular complexity index is 762. The molecule has 0 bridgehead atoms. The second kappa shape index (κ2) is 9.94. The molecular formula is C21H28N4O3. The molecule has 1 fully saturated rings. The molecule has 2 aromatic rings. The molecule has 1 aliphatic heterocycles. The van der Waals surface area contributed by atoms with Crippen LogP contribution in [0.1, 0.15) is 13.8 Å². The van der Waals surface area contributed by atoms with E-state index in [4.69, 9.17) is 9.47 Å². The number of anilines is 2. The van der Waals surface area contributed by atoms with Crippen molar-refractivity contribution in [3.8, 4) is 11.5 Å². The second-order valence-corrected chi connectivity index (χ2v) is 6.53. The molecule has 1 aromatic carbocycles. The van der Waals surface area contributed by atoms with Crippen molar-refractivity contribution in [2.45, 2.75) is 13.8 Å². The van der Waals surface area contributed by atoms with Crippen molar-refractivity contribution in [1.29, 1.82) is 0 Å². The van der Waals surface area contributed by atoms with Gasteiger partial charge in [0.2, 0.25) is 5.91 Å². The van der Waals surface area contributed by atoms with E-state index >= 15 is 0 Å². The lowest BCUT2D eigenvalue weighted by Crippen LogP contribution is -2.48. The first-order valence-corrected chi connectivity index (χ1v) is 9.77. The van der Waals surface area contributed by atoms with E-state index in [0.29, 0.717) is 36.9 Å². The molecule has 1 saturated heterocycles. The van der Waals surface area contributed by atoms with Gasteiger partial charge in [0.1, 0.15) is 5.82 Å². The van der Waals surface area contributed by atoms with Gasteiger partial charge in [-0.2, -0.15) is 0 Å². The molecule has 1 amide bonds. The van der Waals surface area contributed by atoms with Gasteiger partial charge in [-0.3, -0.25) is 9.69 Å². The number of rotatable bonds is 8. The molecule has 1 aromatic heterocycles. The lowest BCUT2D eigenvalue weighted by molar-refractivity contribution is -0.117. The third-order valence-electron chi connectivity index (χ3n) is 4.54. The molecule has 0 spiro atoms. The summed E-state index contributed by atoms with van der Waals surface area (Å²) in [5.74, 6) is 2.29. The molecule has 0 aliphatic carbocycles. The minimum Gasteiger partial charge on any atom is -0.490 e. The number of hydrogen-bond donors (Lipinski definition) is 1. The summed E-state index contributed by atoms with van der Waals surface area (Å²) in [5, 5.41) is 2.96. The minimum atomic E-state index is -0.0297. The number of pyridine rings is 1. The Balaban J connectivity index is 1.51. The summed E-state index contributed by atoms with van der Waals surface area (Å²) in [7, 11) is 0. The second-order valence-electron chi connectivity index (χ2n) is 6.53. The average Bonchev–Trinajstić information content (AvgIpc) is 2.71. The maximum absolute atomic E-state index is 12.5. The van der Waals surface area contributed by atoms with Crippen LogP contribution in [0.3, 0.4) is 0 Å². The molecule has 3 rings (SSSR count). The number of carbonyl (C=O) groups is 1. The van der Waals surface area contributed by atoms with E-state index in [1.54, 1.807) is 0 Å². The summed E-state index contributed by atoms with van der Waals surface area (Å²) in [4.78, 5) is 21.3. The molecule has 0 atom stereocenters. The zero-order valence-electron chi connectivity index (χ0n) is 16.6. The number of hydrogen-bond acceptors (Lipinski definition) is 6. The molecular weight excluding hydrogens is 356 g/mol. The highest BCUT2D eigenvalue weighted by Crippen LogP contribution is 2.30. The number of ether oxygens (including phenoxy) is 2. The Morgan fingerprint density at radius 3 is 2.46 bits per heavy atom. The lowest BCUT2D eigenvalue weighted by Gasteiger charge is -2.34. The quantitative estimate of drug-likeness (QED) is 0.755. The van der Waals surface area contributed by atoms with Crippen molar-refractivity contribution in [3.63, 3.8) is 0 Å². The van der Waals surface area contributed by atoms with Crippen LogP contribution in [0.15, 0.2) is 42.6 Å². The van der Waals surface area contributed by atoms with Gasteiger partial charge < -0.3 is 19.7 Å².